The lowest BCUT2D eigenvalue weighted by Gasteiger charge is -2.13. The predicted molar refractivity (Wildman–Crippen MR) is 94.6 cm³/mol. The summed E-state index contributed by atoms with van der Waals surface area (Å²) in [4.78, 5) is 44.9. The van der Waals surface area contributed by atoms with Gasteiger partial charge in [-0.3, -0.25) is 14.4 Å². The molecule has 0 aliphatic heterocycles. The minimum atomic E-state index is -1.22. The van der Waals surface area contributed by atoms with Crippen molar-refractivity contribution in [2.45, 2.75) is 18.9 Å². The van der Waals surface area contributed by atoms with Crippen LogP contribution in [0, 0.1) is 0 Å². The van der Waals surface area contributed by atoms with E-state index in [1.165, 1.54) is 27.7 Å². The first kappa shape index (κ1) is 22.0. The quantitative estimate of drug-likeness (QED) is 0.114. The van der Waals surface area contributed by atoms with Crippen LogP contribution in [-0.2, 0) is 19.2 Å². The summed E-state index contributed by atoms with van der Waals surface area (Å²) in [7, 11) is 2.61. The fourth-order valence-corrected chi connectivity index (χ4v) is 3.11. The minimum absolute atomic E-state index is 0.0478. The van der Waals surface area contributed by atoms with Crippen LogP contribution < -0.4 is 16.1 Å². The van der Waals surface area contributed by atoms with Gasteiger partial charge < -0.3 is 15.7 Å². The van der Waals surface area contributed by atoms with E-state index in [0.717, 1.165) is 0 Å². The molecule has 9 nitrogen and oxygen atoms in total. The highest BCUT2D eigenvalue weighted by atomic mass is 33.1. The van der Waals surface area contributed by atoms with Crippen LogP contribution in [0.5, 0.6) is 0 Å². The van der Waals surface area contributed by atoms with Crippen molar-refractivity contribution in [2.75, 3.05) is 18.1 Å². The monoisotopic (exact) mass is 376 g/mol. The third-order valence-electron chi connectivity index (χ3n) is 2.44. The summed E-state index contributed by atoms with van der Waals surface area (Å²) in [5.41, 5.74) is 2.08. The number of nitrogens with one attached hydrogen (secondary N) is 3. The first-order valence-electron chi connectivity index (χ1n) is 6.82. The van der Waals surface area contributed by atoms with E-state index >= 15 is 0 Å². The second-order valence-corrected chi connectivity index (χ2v) is 6.85. The van der Waals surface area contributed by atoms with Crippen molar-refractivity contribution in [3.8, 4) is 0 Å². The van der Waals surface area contributed by atoms with Gasteiger partial charge in [0.15, 0.2) is 0 Å². The molecule has 0 rings (SSSR count). The van der Waals surface area contributed by atoms with Crippen molar-refractivity contribution < 1.29 is 24.3 Å². The number of carboxylic acids is 1. The molecule has 4 N–H and O–H groups in total. The zero-order valence-corrected chi connectivity index (χ0v) is 14.6. The average molecular weight is 376 g/mol. The summed E-state index contributed by atoms with van der Waals surface area (Å²) in [5.74, 6) is -1.75. The van der Waals surface area contributed by atoms with Crippen LogP contribution >= 0.6 is 21.6 Å². The highest BCUT2D eigenvalue weighted by molar-refractivity contribution is 8.76. The summed E-state index contributed by atoms with van der Waals surface area (Å²) in [6.45, 7) is 6.84. The Balaban J connectivity index is 3.96. The van der Waals surface area contributed by atoms with Gasteiger partial charge in [-0.15, -0.1) is 0 Å². The van der Waals surface area contributed by atoms with Crippen molar-refractivity contribution in [1.29, 1.82) is 0 Å². The van der Waals surface area contributed by atoms with E-state index in [1.807, 2.05) is 0 Å². The van der Waals surface area contributed by atoms with Crippen LogP contribution in [0.2, 0.25) is 0 Å². The molecule has 0 heterocycles. The Morgan fingerprint density at radius 2 is 1.92 bits per heavy atom. The third kappa shape index (κ3) is 11.5. The van der Waals surface area contributed by atoms with E-state index in [2.05, 4.69) is 34.5 Å². The van der Waals surface area contributed by atoms with Crippen LogP contribution in [0.15, 0.2) is 17.8 Å². The molecule has 134 valence electrons. The molecule has 0 radical (unpaired) electrons. The molecule has 0 fully saturated rings. The normalized spacial score (nSPS) is 11.0. The van der Waals surface area contributed by atoms with Crippen molar-refractivity contribution in [3.63, 3.8) is 0 Å². The topological polar surface area (TPSA) is 137 Å². The van der Waals surface area contributed by atoms with Gasteiger partial charge in [-0.1, -0.05) is 28.2 Å². The maximum Gasteiger partial charge on any atom is 0.326 e. The molecule has 11 heteroatoms. The molecular formula is C13H20N4O5S2. The molecule has 1 unspecified atom stereocenters. The lowest BCUT2D eigenvalue weighted by atomic mass is 10.1. The molecule has 0 aliphatic carbocycles. The number of carbonyl (C=O) groups excluding carboxylic acids is 3. The minimum Gasteiger partial charge on any atom is -0.480 e. The van der Waals surface area contributed by atoms with Crippen molar-refractivity contribution >= 4 is 52.0 Å². The Hall–Kier alpha value is -2.01. The Morgan fingerprint density at radius 1 is 1.21 bits per heavy atom. The molecule has 3 amide bonds. The zero-order chi connectivity index (χ0) is 18.4. The SMILES string of the molecule is C=CC(=O)NCCSSCC(=O)NC(CCC(=O)NN=C)C(=O)O. The van der Waals surface area contributed by atoms with Gasteiger partial charge in [-0.2, -0.15) is 5.10 Å². The van der Waals surface area contributed by atoms with Crippen molar-refractivity contribution in [2.24, 2.45) is 5.10 Å². The predicted octanol–water partition coefficient (Wildman–Crippen LogP) is -0.249. The molecule has 24 heavy (non-hydrogen) atoms. The fourth-order valence-electron chi connectivity index (χ4n) is 1.36. The van der Waals surface area contributed by atoms with Gasteiger partial charge in [-0.25, -0.2) is 10.2 Å². The number of aliphatic carboxylic acids is 1. The Labute approximate surface area is 147 Å². The number of carbonyl (C=O) groups is 4. The van der Waals surface area contributed by atoms with Gasteiger partial charge in [0.05, 0.1) is 5.75 Å². The number of hydrazone groups is 1. The molecule has 0 aliphatic rings. The second kappa shape index (κ2) is 13.4. The van der Waals surface area contributed by atoms with Crippen LogP contribution in [0.1, 0.15) is 12.8 Å². The number of amides is 3. The highest BCUT2D eigenvalue weighted by Gasteiger charge is 2.20. The lowest BCUT2D eigenvalue weighted by Crippen LogP contribution is -2.42. The maximum absolute atomic E-state index is 11.7. The van der Waals surface area contributed by atoms with Gasteiger partial charge in [0.2, 0.25) is 17.7 Å². The van der Waals surface area contributed by atoms with Gasteiger partial charge in [0.1, 0.15) is 6.04 Å². The molecule has 0 bridgehead atoms. The molecule has 0 saturated carbocycles. The number of nitrogens with zero attached hydrogens (tertiary/aromatic N) is 1. The second-order valence-electron chi connectivity index (χ2n) is 4.27. The standard InChI is InChI=1S/C13H20N4O5S2/c1-3-10(18)15-6-7-23-24-8-12(20)16-9(13(21)22)4-5-11(19)17-14-2/h3,9H,1-2,4-8H2,(H,15,18)(H,16,20)(H,17,19)(H,21,22). The summed E-state index contributed by atoms with van der Waals surface area (Å²) >= 11 is 0. The van der Waals surface area contributed by atoms with Crippen molar-refractivity contribution in [1.82, 2.24) is 16.1 Å². The van der Waals surface area contributed by atoms with Crippen LogP contribution in [0.4, 0.5) is 0 Å². The summed E-state index contributed by atoms with van der Waals surface area (Å²) in [5, 5.41) is 17.2. The third-order valence-corrected chi connectivity index (χ3v) is 4.71. The molecule has 0 aromatic heterocycles. The summed E-state index contributed by atoms with van der Waals surface area (Å²) in [6, 6.07) is -1.15. The smallest absolute Gasteiger partial charge is 0.326 e. The number of rotatable bonds is 13. The maximum atomic E-state index is 11.7. The van der Waals surface area contributed by atoms with Gasteiger partial charge in [0.25, 0.3) is 0 Å². The first-order valence-corrected chi connectivity index (χ1v) is 9.31. The lowest BCUT2D eigenvalue weighted by molar-refractivity contribution is -0.141. The van der Waals surface area contributed by atoms with E-state index in [1.54, 1.807) is 0 Å². The Kier molecular flexibility index (Phi) is 12.3. The zero-order valence-electron chi connectivity index (χ0n) is 12.9. The van der Waals surface area contributed by atoms with Crippen LogP contribution in [-0.4, -0.2) is 59.6 Å². The van der Waals surface area contributed by atoms with Gasteiger partial charge in [0, 0.05) is 25.4 Å². The molecule has 0 spiro atoms. The van der Waals surface area contributed by atoms with Crippen LogP contribution in [0.3, 0.4) is 0 Å². The molecule has 0 aromatic carbocycles. The fraction of sp³-hybridized carbons (Fsp3) is 0.462. The molecule has 0 aromatic rings. The van der Waals surface area contributed by atoms with E-state index in [4.69, 9.17) is 5.11 Å². The van der Waals surface area contributed by atoms with Crippen LogP contribution in [0.25, 0.3) is 0 Å². The van der Waals surface area contributed by atoms with E-state index in [0.29, 0.717) is 12.3 Å². The number of hydrogen-bond donors (Lipinski definition) is 4. The number of hydrogen-bond acceptors (Lipinski definition) is 7. The highest BCUT2D eigenvalue weighted by Crippen LogP contribution is 2.19. The van der Waals surface area contributed by atoms with Gasteiger partial charge in [-0.05, 0) is 12.5 Å². The van der Waals surface area contributed by atoms with Crippen molar-refractivity contribution in [3.05, 3.63) is 12.7 Å². The van der Waals surface area contributed by atoms with Gasteiger partial charge >= 0.3 is 5.97 Å². The summed E-state index contributed by atoms with van der Waals surface area (Å²) in [6.07, 6.45) is 1.03. The van der Waals surface area contributed by atoms with E-state index in [9.17, 15) is 19.2 Å². The van der Waals surface area contributed by atoms with E-state index in [-0.39, 0.29) is 24.5 Å². The number of carboxylic acid groups (broad SMARTS) is 1. The summed E-state index contributed by atoms with van der Waals surface area (Å²) < 4.78 is 0. The Morgan fingerprint density at radius 3 is 2.50 bits per heavy atom. The Bertz CT molecular complexity index is 487. The molecular weight excluding hydrogens is 356 g/mol. The molecule has 0 saturated heterocycles. The van der Waals surface area contributed by atoms with E-state index < -0.39 is 23.8 Å². The average Bonchev–Trinajstić information content (AvgIpc) is 2.54. The first-order chi connectivity index (χ1) is 11.4. The largest absolute Gasteiger partial charge is 0.480 e. The molecule has 1 atom stereocenters.